The zero-order chi connectivity index (χ0) is 11.0. The normalized spacial score (nSPS) is 10.8. The van der Waals surface area contributed by atoms with Gasteiger partial charge in [0.2, 0.25) is 0 Å². The fourth-order valence-corrected chi connectivity index (χ4v) is 2.31. The number of carbonyl (C=O) groups is 1. The monoisotopic (exact) mass is 268 g/mol. The Balaban J connectivity index is 2.93. The van der Waals surface area contributed by atoms with Crippen molar-refractivity contribution in [3.8, 4) is 0 Å². The molecule has 15 heavy (non-hydrogen) atoms. The molecule has 0 bridgehead atoms. The van der Waals surface area contributed by atoms with Crippen LogP contribution in [-0.4, -0.2) is 15.4 Å². The highest BCUT2D eigenvalue weighted by molar-refractivity contribution is 9.10. The van der Waals surface area contributed by atoms with Gasteiger partial charge in [0.25, 0.3) is 0 Å². The van der Waals surface area contributed by atoms with Crippen LogP contribution in [0.25, 0.3) is 11.0 Å². The van der Waals surface area contributed by atoms with Gasteiger partial charge >= 0.3 is 5.69 Å². The summed E-state index contributed by atoms with van der Waals surface area (Å²) >= 11 is 3.38. The number of imidazole rings is 1. The maximum atomic E-state index is 11.8. The number of carbonyl (C=O) groups excluding carboxylic acids is 1. The van der Waals surface area contributed by atoms with Crippen molar-refractivity contribution in [2.24, 2.45) is 7.05 Å². The third-order valence-corrected chi connectivity index (χ3v) is 3.01. The Bertz CT molecular complexity index is 583. The molecule has 1 aromatic carbocycles. The first-order valence-electron chi connectivity index (χ1n) is 4.44. The number of fused-ring (bicyclic) bond motifs is 1. The van der Waals surface area contributed by atoms with Gasteiger partial charge in [-0.15, -0.1) is 0 Å². The third-order valence-electron chi connectivity index (χ3n) is 2.37. The summed E-state index contributed by atoms with van der Waals surface area (Å²) in [5.41, 5.74) is 1.40. The molecule has 1 heterocycles. The van der Waals surface area contributed by atoms with Gasteiger partial charge in [-0.2, -0.15) is 0 Å². The number of halogens is 1. The van der Waals surface area contributed by atoms with Gasteiger partial charge in [-0.3, -0.25) is 9.13 Å². The van der Waals surface area contributed by atoms with Gasteiger partial charge < -0.3 is 4.79 Å². The molecule has 0 aliphatic carbocycles. The van der Waals surface area contributed by atoms with Crippen molar-refractivity contribution < 1.29 is 4.79 Å². The minimum Gasteiger partial charge on any atom is -0.301 e. The largest absolute Gasteiger partial charge is 0.329 e. The summed E-state index contributed by atoms with van der Waals surface area (Å²) < 4.78 is 3.83. The first-order valence-corrected chi connectivity index (χ1v) is 5.23. The Hall–Kier alpha value is -1.36. The number of aldehydes is 1. The summed E-state index contributed by atoms with van der Waals surface area (Å²) in [7, 11) is 1.69. The molecule has 0 N–H and O–H groups in total. The van der Waals surface area contributed by atoms with Gasteiger partial charge in [0.15, 0.2) is 0 Å². The van der Waals surface area contributed by atoms with E-state index in [0.717, 1.165) is 21.8 Å². The average Bonchev–Trinajstić information content (AvgIpc) is 2.45. The summed E-state index contributed by atoms with van der Waals surface area (Å²) in [6.45, 7) is 0.0899. The topological polar surface area (TPSA) is 44.0 Å². The number of aromatic nitrogens is 2. The molecular weight excluding hydrogens is 260 g/mol. The highest BCUT2D eigenvalue weighted by Crippen LogP contribution is 2.22. The molecule has 0 unspecified atom stereocenters. The van der Waals surface area contributed by atoms with Crippen LogP contribution < -0.4 is 5.69 Å². The lowest BCUT2D eigenvalue weighted by atomic mass is 10.3. The molecule has 1 aromatic heterocycles. The molecule has 2 aromatic rings. The number of hydrogen-bond acceptors (Lipinski definition) is 2. The molecule has 0 atom stereocenters. The smallest absolute Gasteiger partial charge is 0.301 e. The van der Waals surface area contributed by atoms with Crippen LogP contribution in [0, 0.1) is 0 Å². The predicted octanol–water partition coefficient (Wildman–Crippen LogP) is 1.30. The number of rotatable bonds is 2. The van der Waals surface area contributed by atoms with E-state index in [1.165, 1.54) is 9.13 Å². The molecular formula is C10H9BrN2O2. The van der Waals surface area contributed by atoms with E-state index >= 15 is 0 Å². The zero-order valence-electron chi connectivity index (χ0n) is 8.11. The minimum atomic E-state index is -0.177. The summed E-state index contributed by atoms with van der Waals surface area (Å²) in [6.07, 6.45) is 0.724. The van der Waals surface area contributed by atoms with Gasteiger partial charge in [-0.25, -0.2) is 4.79 Å². The summed E-state index contributed by atoms with van der Waals surface area (Å²) in [5.74, 6) is 0. The minimum absolute atomic E-state index is 0.0899. The van der Waals surface area contributed by atoms with Crippen LogP contribution in [0.1, 0.15) is 0 Å². The van der Waals surface area contributed by atoms with Crippen LogP contribution in [0.5, 0.6) is 0 Å². The van der Waals surface area contributed by atoms with E-state index in [1.54, 1.807) is 7.05 Å². The molecule has 0 amide bonds. The second kappa shape index (κ2) is 3.66. The van der Waals surface area contributed by atoms with Crippen LogP contribution in [0.2, 0.25) is 0 Å². The van der Waals surface area contributed by atoms with Crippen molar-refractivity contribution in [1.29, 1.82) is 0 Å². The number of aryl methyl sites for hydroxylation is 1. The summed E-state index contributed by atoms with van der Waals surface area (Å²) in [5, 5.41) is 0. The molecule has 78 valence electrons. The van der Waals surface area contributed by atoms with Crippen molar-refractivity contribution in [1.82, 2.24) is 9.13 Å². The van der Waals surface area contributed by atoms with Gasteiger partial charge in [0.1, 0.15) is 6.29 Å². The molecule has 0 radical (unpaired) electrons. The second-order valence-electron chi connectivity index (χ2n) is 3.23. The van der Waals surface area contributed by atoms with Crippen molar-refractivity contribution in [3.05, 3.63) is 33.2 Å². The molecule has 0 saturated carbocycles. The van der Waals surface area contributed by atoms with Crippen LogP contribution in [0.3, 0.4) is 0 Å². The number of nitrogens with zero attached hydrogens (tertiary/aromatic N) is 2. The van der Waals surface area contributed by atoms with Crippen molar-refractivity contribution in [2.75, 3.05) is 0 Å². The Kier molecular flexibility index (Phi) is 2.48. The van der Waals surface area contributed by atoms with Crippen molar-refractivity contribution in [2.45, 2.75) is 6.54 Å². The SMILES string of the molecule is Cn1c(=O)n(CC=O)c2cccc(Br)c21. The van der Waals surface area contributed by atoms with Crippen LogP contribution in [-0.2, 0) is 18.4 Å². The lowest BCUT2D eigenvalue weighted by Crippen LogP contribution is -2.22. The Morgan fingerprint density at radius 3 is 2.87 bits per heavy atom. The van der Waals surface area contributed by atoms with Crippen molar-refractivity contribution >= 4 is 33.2 Å². The predicted molar refractivity (Wildman–Crippen MR) is 60.9 cm³/mol. The van der Waals surface area contributed by atoms with Gasteiger partial charge in [0.05, 0.1) is 17.6 Å². The van der Waals surface area contributed by atoms with E-state index in [-0.39, 0.29) is 12.2 Å². The zero-order valence-corrected chi connectivity index (χ0v) is 9.69. The molecule has 0 aliphatic rings. The van der Waals surface area contributed by atoms with Crippen LogP contribution in [0.15, 0.2) is 27.5 Å². The molecule has 0 aliphatic heterocycles. The molecule has 0 spiro atoms. The first kappa shape index (κ1) is 10.2. The summed E-state index contributed by atoms with van der Waals surface area (Å²) in [4.78, 5) is 22.3. The maximum absolute atomic E-state index is 11.8. The lowest BCUT2D eigenvalue weighted by Gasteiger charge is -1.97. The fraction of sp³-hybridized carbons (Fsp3) is 0.200. The van der Waals surface area contributed by atoms with E-state index < -0.39 is 0 Å². The van der Waals surface area contributed by atoms with Gasteiger partial charge in [0, 0.05) is 11.5 Å². The Labute approximate surface area is 94.2 Å². The van der Waals surface area contributed by atoms with E-state index in [1.807, 2.05) is 18.2 Å². The summed E-state index contributed by atoms with van der Waals surface area (Å²) in [6, 6.07) is 5.53. The highest BCUT2D eigenvalue weighted by atomic mass is 79.9. The number of para-hydroxylation sites is 1. The van der Waals surface area contributed by atoms with Crippen LogP contribution >= 0.6 is 15.9 Å². The second-order valence-corrected chi connectivity index (χ2v) is 4.08. The third kappa shape index (κ3) is 1.43. The highest BCUT2D eigenvalue weighted by Gasteiger charge is 2.11. The molecule has 5 heteroatoms. The number of hydrogen-bond donors (Lipinski definition) is 0. The van der Waals surface area contributed by atoms with Gasteiger partial charge in [-0.05, 0) is 28.1 Å². The standard InChI is InChI=1S/C10H9BrN2O2/c1-12-9-7(11)3-2-4-8(9)13(5-6-14)10(12)15/h2-4,6H,5H2,1H3. The van der Waals surface area contributed by atoms with Gasteiger partial charge in [-0.1, -0.05) is 6.07 Å². The quantitative estimate of drug-likeness (QED) is 0.771. The molecule has 0 saturated heterocycles. The van der Waals surface area contributed by atoms with Crippen molar-refractivity contribution in [3.63, 3.8) is 0 Å². The van der Waals surface area contributed by atoms with E-state index in [0.29, 0.717) is 0 Å². The van der Waals surface area contributed by atoms with E-state index in [9.17, 15) is 9.59 Å². The number of benzene rings is 1. The molecule has 2 rings (SSSR count). The Morgan fingerprint density at radius 2 is 2.20 bits per heavy atom. The van der Waals surface area contributed by atoms with E-state index in [2.05, 4.69) is 15.9 Å². The molecule has 0 fully saturated rings. The van der Waals surface area contributed by atoms with E-state index in [4.69, 9.17) is 0 Å². The first-order chi connectivity index (χ1) is 7.16. The average molecular weight is 269 g/mol. The molecule has 4 nitrogen and oxygen atoms in total. The Morgan fingerprint density at radius 1 is 1.47 bits per heavy atom. The fourth-order valence-electron chi connectivity index (χ4n) is 1.68. The maximum Gasteiger partial charge on any atom is 0.329 e. The van der Waals surface area contributed by atoms with Crippen LogP contribution in [0.4, 0.5) is 0 Å². The lowest BCUT2D eigenvalue weighted by molar-refractivity contribution is -0.108.